The Morgan fingerprint density at radius 2 is 1.87 bits per heavy atom. The predicted octanol–water partition coefficient (Wildman–Crippen LogP) is 3.24. The molecule has 7 nitrogen and oxygen atoms in total. The van der Waals surface area contributed by atoms with Gasteiger partial charge < -0.3 is 14.8 Å². The third-order valence-electron chi connectivity index (χ3n) is 2.46. The molecule has 0 aromatic rings. The summed E-state index contributed by atoms with van der Waals surface area (Å²) in [6.07, 6.45) is 2.01. The lowest BCUT2D eigenvalue weighted by atomic mass is 10.2. The van der Waals surface area contributed by atoms with Gasteiger partial charge in [-0.2, -0.15) is 5.48 Å². The van der Waals surface area contributed by atoms with Gasteiger partial charge in [0.25, 0.3) is 0 Å². The summed E-state index contributed by atoms with van der Waals surface area (Å²) in [4.78, 5) is 28.4. The van der Waals surface area contributed by atoms with Crippen molar-refractivity contribution in [2.45, 2.75) is 48.7 Å². The number of hydrogen-bond acceptors (Lipinski definition) is 5. The van der Waals surface area contributed by atoms with Gasteiger partial charge in [0.1, 0.15) is 18.3 Å². The van der Waals surface area contributed by atoms with Crippen molar-refractivity contribution in [1.29, 1.82) is 0 Å². The summed E-state index contributed by atoms with van der Waals surface area (Å²) in [5, 5.41) is 2.53. The van der Waals surface area contributed by atoms with Crippen LogP contribution in [0, 0.1) is 0 Å². The molecule has 1 aliphatic rings. The van der Waals surface area contributed by atoms with E-state index in [4.69, 9.17) is 49.1 Å². The van der Waals surface area contributed by atoms with E-state index < -0.39 is 33.7 Å². The number of nitrogens with one attached hydrogen (secondary N) is 2. The molecule has 23 heavy (non-hydrogen) atoms. The van der Waals surface area contributed by atoms with Crippen molar-refractivity contribution in [3.63, 3.8) is 0 Å². The van der Waals surface area contributed by atoms with E-state index in [0.717, 1.165) is 0 Å². The molecule has 132 valence electrons. The molecule has 0 spiro atoms. The number of carbonyl (C=O) groups excluding carboxylic acids is 2. The SMILES string of the molecule is CC(C)(C)OC(=O)NO[C@H]1CC=C[C@H]1NC(=O)OCC(Cl)(Cl)Cl. The zero-order valence-corrected chi connectivity index (χ0v) is 15.2. The second-order valence-electron chi connectivity index (χ2n) is 5.79. The van der Waals surface area contributed by atoms with Crippen LogP contribution in [0.15, 0.2) is 12.2 Å². The summed E-state index contributed by atoms with van der Waals surface area (Å²) in [5.74, 6) is 0. The molecule has 0 aliphatic heterocycles. The largest absolute Gasteiger partial charge is 0.445 e. The number of ether oxygens (including phenoxy) is 2. The molecular formula is C13H19Cl3N2O5. The van der Waals surface area contributed by atoms with Crippen LogP contribution in [0.1, 0.15) is 27.2 Å². The molecule has 0 fully saturated rings. The van der Waals surface area contributed by atoms with Gasteiger partial charge in [0, 0.05) is 0 Å². The number of carbonyl (C=O) groups is 2. The summed E-state index contributed by atoms with van der Waals surface area (Å²) in [6, 6.07) is -0.493. The van der Waals surface area contributed by atoms with Crippen LogP contribution in [0.4, 0.5) is 9.59 Å². The highest BCUT2D eigenvalue weighted by molar-refractivity contribution is 6.67. The van der Waals surface area contributed by atoms with Gasteiger partial charge >= 0.3 is 12.2 Å². The Labute approximate surface area is 149 Å². The molecule has 2 atom stereocenters. The normalized spacial score (nSPS) is 21.0. The van der Waals surface area contributed by atoms with Crippen LogP contribution in [0.3, 0.4) is 0 Å². The second kappa shape index (κ2) is 8.28. The van der Waals surface area contributed by atoms with Crippen molar-refractivity contribution in [2.75, 3.05) is 6.61 Å². The van der Waals surface area contributed by atoms with Gasteiger partial charge in [-0.05, 0) is 27.2 Å². The number of hydroxylamine groups is 1. The van der Waals surface area contributed by atoms with Crippen molar-refractivity contribution in [1.82, 2.24) is 10.8 Å². The first-order valence-corrected chi connectivity index (χ1v) is 7.91. The number of rotatable bonds is 4. The first kappa shape index (κ1) is 20.2. The smallest absolute Gasteiger partial charge is 0.431 e. The lowest BCUT2D eigenvalue weighted by Gasteiger charge is -2.23. The van der Waals surface area contributed by atoms with E-state index in [9.17, 15) is 9.59 Å². The van der Waals surface area contributed by atoms with Gasteiger partial charge in [0.15, 0.2) is 0 Å². The molecule has 1 rings (SSSR count). The van der Waals surface area contributed by atoms with Crippen LogP contribution in [0.2, 0.25) is 0 Å². The first-order chi connectivity index (χ1) is 10.5. The van der Waals surface area contributed by atoms with E-state index in [1.165, 1.54) is 0 Å². The molecule has 0 saturated heterocycles. The van der Waals surface area contributed by atoms with Gasteiger partial charge in [0.2, 0.25) is 3.79 Å². The maximum absolute atomic E-state index is 11.6. The van der Waals surface area contributed by atoms with Crippen LogP contribution in [-0.2, 0) is 14.3 Å². The second-order valence-corrected chi connectivity index (χ2v) is 8.30. The Morgan fingerprint density at radius 3 is 2.43 bits per heavy atom. The summed E-state index contributed by atoms with van der Waals surface area (Å²) in [5.41, 5.74) is 1.55. The third kappa shape index (κ3) is 9.10. The summed E-state index contributed by atoms with van der Waals surface area (Å²) in [6.45, 7) is 4.81. The van der Waals surface area contributed by atoms with Crippen LogP contribution in [0.5, 0.6) is 0 Å². The molecular weight excluding hydrogens is 371 g/mol. The molecule has 0 saturated carbocycles. The fourth-order valence-electron chi connectivity index (χ4n) is 1.64. The quantitative estimate of drug-likeness (QED) is 0.438. The van der Waals surface area contributed by atoms with Crippen molar-refractivity contribution in [2.24, 2.45) is 0 Å². The van der Waals surface area contributed by atoms with Crippen molar-refractivity contribution in [3.8, 4) is 0 Å². The Kier molecular flexibility index (Phi) is 7.26. The van der Waals surface area contributed by atoms with Crippen LogP contribution in [0.25, 0.3) is 0 Å². The van der Waals surface area contributed by atoms with Crippen LogP contribution < -0.4 is 10.8 Å². The highest BCUT2D eigenvalue weighted by Gasteiger charge is 2.29. The monoisotopic (exact) mass is 388 g/mol. The summed E-state index contributed by atoms with van der Waals surface area (Å²) < 4.78 is 8.12. The minimum absolute atomic E-state index is 0.387. The lowest BCUT2D eigenvalue weighted by Crippen LogP contribution is -2.45. The minimum atomic E-state index is -1.68. The highest BCUT2D eigenvalue weighted by Crippen LogP contribution is 2.26. The van der Waals surface area contributed by atoms with E-state index in [2.05, 4.69) is 10.8 Å². The van der Waals surface area contributed by atoms with Gasteiger partial charge in [-0.3, -0.25) is 4.84 Å². The molecule has 0 unspecified atom stereocenters. The van der Waals surface area contributed by atoms with E-state index in [-0.39, 0.29) is 6.61 Å². The van der Waals surface area contributed by atoms with Crippen LogP contribution >= 0.6 is 34.8 Å². The van der Waals surface area contributed by atoms with Crippen molar-refractivity contribution >= 4 is 47.0 Å². The molecule has 0 bridgehead atoms. The molecule has 2 amide bonds. The predicted molar refractivity (Wildman–Crippen MR) is 86.6 cm³/mol. The number of halogens is 3. The Morgan fingerprint density at radius 1 is 1.22 bits per heavy atom. The Bertz CT molecular complexity index is 460. The molecule has 10 heteroatoms. The standard InChI is InChI=1S/C13H19Cl3N2O5/c1-12(2,3)22-11(20)18-23-9-6-4-5-8(9)17-10(19)21-7-13(14,15)16/h4-5,8-9H,6-7H2,1-3H3,(H,17,19)(H,18,20)/t8-,9+/m1/s1. The zero-order chi connectivity index (χ0) is 17.7. The fourth-order valence-corrected chi connectivity index (χ4v) is 1.80. The van der Waals surface area contributed by atoms with E-state index in [0.29, 0.717) is 6.42 Å². The van der Waals surface area contributed by atoms with Gasteiger partial charge in [0.05, 0.1) is 6.04 Å². The summed E-state index contributed by atoms with van der Waals surface area (Å²) in [7, 11) is 0. The molecule has 1 aliphatic carbocycles. The van der Waals surface area contributed by atoms with Crippen molar-refractivity contribution in [3.05, 3.63) is 12.2 Å². The third-order valence-corrected chi connectivity index (χ3v) is 2.78. The number of amides is 2. The zero-order valence-electron chi connectivity index (χ0n) is 12.9. The van der Waals surface area contributed by atoms with Crippen LogP contribution in [-0.4, -0.2) is 40.3 Å². The topological polar surface area (TPSA) is 85.9 Å². The highest BCUT2D eigenvalue weighted by atomic mass is 35.6. The molecule has 0 radical (unpaired) electrons. The molecule has 0 heterocycles. The fraction of sp³-hybridized carbons (Fsp3) is 0.692. The average Bonchev–Trinajstić information content (AvgIpc) is 2.78. The molecule has 0 aromatic heterocycles. The maximum atomic E-state index is 11.6. The average molecular weight is 390 g/mol. The van der Waals surface area contributed by atoms with E-state index >= 15 is 0 Å². The maximum Gasteiger partial charge on any atom is 0.431 e. The number of hydrogen-bond donors (Lipinski definition) is 2. The summed E-state index contributed by atoms with van der Waals surface area (Å²) >= 11 is 16.5. The van der Waals surface area contributed by atoms with Gasteiger partial charge in [-0.15, -0.1) is 0 Å². The van der Waals surface area contributed by atoms with E-state index in [1.54, 1.807) is 32.9 Å². The Balaban J connectivity index is 2.37. The Hall–Kier alpha value is -0.890. The van der Waals surface area contributed by atoms with Crippen molar-refractivity contribution < 1.29 is 23.9 Å². The first-order valence-electron chi connectivity index (χ1n) is 6.77. The minimum Gasteiger partial charge on any atom is -0.445 e. The number of alkyl carbamates (subject to hydrolysis) is 1. The lowest BCUT2D eigenvalue weighted by molar-refractivity contribution is -0.0449. The van der Waals surface area contributed by atoms with Gasteiger partial charge in [-0.25, -0.2) is 9.59 Å². The molecule has 0 aromatic carbocycles. The van der Waals surface area contributed by atoms with Gasteiger partial charge in [-0.1, -0.05) is 47.0 Å². The van der Waals surface area contributed by atoms with E-state index in [1.807, 2.05) is 0 Å². The number of alkyl halides is 3. The molecule has 2 N–H and O–H groups in total.